The molecule has 5 nitrogen and oxygen atoms in total. The summed E-state index contributed by atoms with van der Waals surface area (Å²) in [5.74, 6) is -0.895. The number of phenolic OH excluding ortho intramolecular Hbond substituents is 1. The van der Waals surface area contributed by atoms with Crippen LogP contribution in [-0.4, -0.2) is 23.5 Å². The molecule has 3 rings (SSSR count). The van der Waals surface area contributed by atoms with Crippen molar-refractivity contribution in [2.45, 2.75) is 46.5 Å². The van der Waals surface area contributed by atoms with Crippen molar-refractivity contribution in [3.8, 4) is 5.75 Å². The van der Waals surface area contributed by atoms with Gasteiger partial charge >= 0.3 is 5.97 Å². The van der Waals surface area contributed by atoms with Crippen molar-refractivity contribution in [2.24, 2.45) is 5.41 Å². The van der Waals surface area contributed by atoms with Gasteiger partial charge < -0.3 is 15.2 Å². The van der Waals surface area contributed by atoms with Gasteiger partial charge in [0.25, 0.3) is 0 Å². The Balaban J connectivity index is 2.24. The van der Waals surface area contributed by atoms with Gasteiger partial charge in [-0.1, -0.05) is 13.8 Å². The Bertz CT molecular complexity index is 907. The number of nitrogens with one attached hydrogen (secondary N) is 1. The topological polar surface area (TPSA) is 75.6 Å². The molecule has 0 radical (unpaired) electrons. The minimum atomic E-state index is -0.549. The van der Waals surface area contributed by atoms with Crippen LogP contribution in [0.4, 0.5) is 0 Å². The van der Waals surface area contributed by atoms with Crippen LogP contribution in [0.1, 0.15) is 52.0 Å². The Labute approximate surface area is 181 Å². The lowest BCUT2D eigenvalue weighted by molar-refractivity contribution is -0.138. The maximum atomic E-state index is 13.2. The number of allylic oxidation sites excluding steroid dienone is 3. The summed E-state index contributed by atoms with van der Waals surface area (Å²) >= 11 is 6.72. The van der Waals surface area contributed by atoms with Crippen molar-refractivity contribution in [3.05, 3.63) is 49.2 Å². The zero-order valence-corrected chi connectivity index (χ0v) is 19.5. The van der Waals surface area contributed by atoms with Crippen LogP contribution in [0.3, 0.4) is 0 Å². The Hall–Kier alpha value is -1.60. The number of hydrogen-bond donors (Lipinski definition) is 2. The largest absolute Gasteiger partial charge is 0.506 e. The summed E-state index contributed by atoms with van der Waals surface area (Å²) in [7, 11) is 0. The Morgan fingerprint density at radius 1 is 1.29 bits per heavy atom. The highest BCUT2D eigenvalue weighted by Gasteiger charge is 2.43. The maximum Gasteiger partial charge on any atom is 0.336 e. The molecule has 0 bridgehead atoms. The predicted molar refractivity (Wildman–Crippen MR) is 114 cm³/mol. The van der Waals surface area contributed by atoms with Gasteiger partial charge in [0.05, 0.1) is 21.1 Å². The van der Waals surface area contributed by atoms with Crippen molar-refractivity contribution in [3.63, 3.8) is 0 Å². The van der Waals surface area contributed by atoms with Gasteiger partial charge in [-0.05, 0) is 75.2 Å². The second-order valence-corrected chi connectivity index (χ2v) is 9.69. The zero-order chi connectivity index (χ0) is 20.8. The second-order valence-electron chi connectivity index (χ2n) is 7.98. The summed E-state index contributed by atoms with van der Waals surface area (Å²) in [6.07, 6.45) is 1.14. The van der Waals surface area contributed by atoms with Crippen LogP contribution < -0.4 is 5.32 Å². The molecule has 1 aromatic carbocycles. The zero-order valence-electron chi connectivity index (χ0n) is 16.3. The van der Waals surface area contributed by atoms with Crippen LogP contribution in [0, 0.1) is 5.41 Å². The van der Waals surface area contributed by atoms with Crippen LogP contribution in [0.2, 0.25) is 0 Å². The number of hydrogen-bond acceptors (Lipinski definition) is 5. The number of ether oxygens (including phenoxy) is 1. The number of ketones is 1. The fourth-order valence-electron chi connectivity index (χ4n) is 4.00. The van der Waals surface area contributed by atoms with Gasteiger partial charge in [-0.3, -0.25) is 4.79 Å². The van der Waals surface area contributed by atoms with E-state index in [1.807, 2.05) is 6.92 Å². The molecule has 7 heteroatoms. The minimum absolute atomic E-state index is 0.0263. The van der Waals surface area contributed by atoms with E-state index in [9.17, 15) is 14.7 Å². The Morgan fingerprint density at radius 2 is 1.89 bits per heavy atom. The number of phenols is 1. The molecule has 0 saturated heterocycles. The van der Waals surface area contributed by atoms with Gasteiger partial charge in [-0.25, -0.2) is 4.79 Å². The van der Waals surface area contributed by atoms with E-state index in [-0.39, 0.29) is 23.6 Å². The van der Waals surface area contributed by atoms with Gasteiger partial charge in [0, 0.05) is 29.3 Å². The average molecular weight is 513 g/mol. The number of carbonyl (C=O) groups excluding carboxylic acids is 2. The van der Waals surface area contributed by atoms with Gasteiger partial charge in [0.1, 0.15) is 5.75 Å². The van der Waals surface area contributed by atoms with E-state index in [2.05, 4.69) is 51.0 Å². The van der Waals surface area contributed by atoms with Gasteiger partial charge in [-0.2, -0.15) is 0 Å². The quantitative estimate of drug-likeness (QED) is 0.552. The summed E-state index contributed by atoms with van der Waals surface area (Å²) in [5.41, 5.74) is 3.17. The van der Waals surface area contributed by atoms with Crippen molar-refractivity contribution in [2.75, 3.05) is 6.61 Å². The predicted octanol–water partition coefficient (Wildman–Crippen LogP) is 5.08. The van der Waals surface area contributed by atoms with Gasteiger partial charge in [-0.15, -0.1) is 0 Å². The van der Waals surface area contributed by atoms with Crippen LogP contribution >= 0.6 is 31.9 Å². The van der Waals surface area contributed by atoms with Crippen molar-refractivity contribution in [1.82, 2.24) is 5.32 Å². The number of Topliss-reactive ketones (excluding diaryl/α,β-unsaturated/α-hetero) is 1. The molecule has 2 N–H and O–H groups in total. The normalized spacial score (nSPS) is 21.4. The molecule has 1 atom stereocenters. The van der Waals surface area contributed by atoms with E-state index in [0.29, 0.717) is 32.2 Å². The Morgan fingerprint density at radius 3 is 2.46 bits per heavy atom. The van der Waals surface area contributed by atoms with E-state index in [1.165, 1.54) is 0 Å². The second kappa shape index (κ2) is 7.67. The lowest BCUT2D eigenvalue weighted by Crippen LogP contribution is -2.38. The summed E-state index contributed by atoms with van der Waals surface area (Å²) in [4.78, 5) is 26.0. The molecule has 150 valence electrons. The molecule has 1 heterocycles. The SMILES string of the molecule is CCOC(=O)C1=C(C)NC2=C(C(=O)CC(C)(C)C2)[C@H]1c1cc(Br)c(O)c(Br)c1. The molecule has 0 spiro atoms. The number of halogens is 2. The molecule has 0 unspecified atom stereocenters. The minimum Gasteiger partial charge on any atom is -0.506 e. The number of dihydropyridines is 1. The van der Waals surface area contributed by atoms with E-state index in [4.69, 9.17) is 4.74 Å². The first-order chi connectivity index (χ1) is 13.1. The number of carbonyl (C=O) groups is 2. The fraction of sp³-hybridized carbons (Fsp3) is 0.429. The van der Waals surface area contributed by atoms with E-state index < -0.39 is 11.9 Å². The molecule has 28 heavy (non-hydrogen) atoms. The molecular weight excluding hydrogens is 490 g/mol. The standard InChI is InChI=1S/C21H23Br2NO4/c1-5-28-20(27)16-10(2)24-14-8-21(3,4)9-15(25)18(14)17(16)11-6-12(22)19(26)13(23)7-11/h6-7,17,24,26H,5,8-9H2,1-4H3/t17-/m0/s1. The van der Waals surface area contributed by atoms with Gasteiger partial charge in [0.2, 0.25) is 0 Å². The van der Waals surface area contributed by atoms with Gasteiger partial charge in [0.15, 0.2) is 5.78 Å². The van der Waals surface area contributed by atoms with E-state index in [1.54, 1.807) is 19.1 Å². The van der Waals surface area contributed by atoms with E-state index in [0.717, 1.165) is 17.7 Å². The molecule has 0 fully saturated rings. The monoisotopic (exact) mass is 511 g/mol. The molecule has 1 aromatic rings. The number of rotatable bonds is 3. The highest BCUT2D eigenvalue weighted by molar-refractivity contribution is 9.11. The smallest absolute Gasteiger partial charge is 0.336 e. The summed E-state index contributed by atoms with van der Waals surface area (Å²) in [6.45, 7) is 7.97. The summed E-state index contributed by atoms with van der Waals surface area (Å²) < 4.78 is 6.28. The highest BCUT2D eigenvalue weighted by atomic mass is 79.9. The van der Waals surface area contributed by atoms with E-state index >= 15 is 0 Å². The third-order valence-electron chi connectivity index (χ3n) is 5.11. The first kappa shape index (κ1) is 21.1. The molecule has 0 aromatic heterocycles. The molecule has 1 aliphatic heterocycles. The van der Waals surface area contributed by atoms with Crippen molar-refractivity contribution >= 4 is 43.6 Å². The molecular formula is C21H23Br2NO4. The molecule has 1 aliphatic carbocycles. The fourth-order valence-corrected chi connectivity index (χ4v) is 5.22. The lowest BCUT2D eigenvalue weighted by Gasteiger charge is -2.39. The average Bonchev–Trinajstić information content (AvgIpc) is 2.56. The molecule has 0 saturated carbocycles. The third-order valence-corrected chi connectivity index (χ3v) is 6.32. The summed E-state index contributed by atoms with van der Waals surface area (Å²) in [6, 6.07) is 3.50. The number of esters is 1. The number of aromatic hydroxyl groups is 1. The highest BCUT2D eigenvalue weighted by Crippen LogP contribution is 2.48. The van der Waals surface area contributed by atoms with Crippen LogP contribution in [-0.2, 0) is 14.3 Å². The first-order valence-corrected chi connectivity index (χ1v) is 10.7. The molecule has 0 amide bonds. The summed E-state index contributed by atoms with van der Waals surface area (Å²) in [5, 5.41) is 13.4. The van der Waals surface area contributed by atoms with Crippen LogP contribution in [0.15, 0.2) is 43.6 Å². The third kappa shape index (κ3) is 3.79. The van der Waals surface area contributed by atoms with Crippen molar-refractivity contribution in [1.29, 1.82) is 0 Å². The maximum absolute atomic E-state index is 13.2. The number of benzene rings is 1. The Kier molecular flexibility index (Phi) is 5.79. The lowest BCUT2D eigenvalue weighted by atomic mass is 9.68. The first-order valence-electron chi connectivity index (χ1n) is 9.14. The molecule has 2 aliphatic rings. The van der Waals surface area contributed by atoms with Crippen LogP contribution in [0.25, 0.3) is 0 Å². The van der Waals surface area contributed by atoms with Crippen LogP contribution in [0.5, 0.6) is 5.75 Å². The van der Waals surface area contributed by atoms with Crippen molar-refractivity contribution < 1.29 is 19.4 Å².